The van der Waals surface area contributed by atoms with Crippen molar-refractivity contribution in [2.45, 2.75) is 0 Å². The summed E-state index contributed by atoms with van der Waals surface area (Å²) in [6.45, 7) is 0. The molecular formula is C12H12FN5O. The normalized spacial score (nSPS) is 11.1. The van der Waals surface area contributed by atoms with Gasteiger partial charge in [0.1, 0.15) is 0 Å². The first-order valence-corrected chi connectivity index (χ1v) is 5.60. The van der Waals surface area contributed by atoms with Gasteiger partial charge in [-0.1, -0.05) is 0 Å². The number of halogens is 1. The Labute approximate surface area is 108 Å². The highest BCUT2D eigenvalue weighted by molar-refractivity contribution is 5.82. The number of aromatic nitrogens is 4. The standard InChI is InChI=1S/C12H12FN5O/c1-17-6-7(5-15-17)18-10-4-11(19-2)8(13)3-9(10)16-12(18)14/h3-6H,1-2H3,(H2,14,16). The molecule has 6 nitrogen and oxygen atoms in total. The van der Waals surface area contributed by atoms with Crippen molar-refractivity contribution in [3.05, 3.63) is 30.3 Å². The molecule has 0 spiro atoms. The van der Waals surface area contributed by atoms with Gasteiger partial charge in [0.2, 0.25) is 5.95 Å². The lowest BCUT2D eigenvalue weighted by atomic mass is 10.3. The van der Waals surface area contributed by atoms with Gasteiger partial charge in [-0.3, -0.25) is 9.25 Å². The minimum atomic E-state index is -0.467. The second kappa shape index (κ2) is 3.98. The summed E-state index contributed by atoms with van der Waals surface area (Å²) in [5.41, 5.74) is 7.79. The van der Waals surface area contributed by atoms with Crippen molar-refractivity contribution >= 4 is 17.0 Å². The van der Waals surface area contributed by atoms with Gasteiger partial charge in [0.25, 0.3) is 0 Å². The van der Waals surface area contributed by atoms with Crippen LogP contribution in [0.1, 0.15) is 0 Å². The lowest BCUT2D eigenvalue weighted by Crippen LogP contribution is -1.99. The Morgan fingerprint density at radius 1 is 1.37 bits per heavy atom. The summed E-state index contributed by atoms with van der Waals surface area (Å²) in [6, 6.07) is 2.87. The Bertz CT molecular complexity index is 761. The number of ether oxygens (including phenoxy) is 1. The van der Waals surface area contributed by atoms with E-state index in [9.17, 15) is 4.39 Å². The molecule has 0 bridgehead atoms. The van der Waals surface area contributed by atoms with Crippen molar-refractivity contribution in [1.82, 2.24) is 19.3 Å². The number of benzene rings is 1. The van der Waals surface area contributed by atoms with Crippen LogP contribution in [0.2, 0.25) is 0 Å². The molecule has 0 aliphatic carbocycles. The number of hydrogen-bond donors (Lipinski definition) is 1. The van der Waals surface area contributed by atoms with Crippen LogP contribution in [0.3, 0.4) is 0 Å². The Morgan fingerprint density at radius 3 is 2.79 bits per heavy atom. The third kappa shape index (κ3) is 1.70. The molecule has 7 heteroatoms. The number of nitrogens with zero attached hydrogens (tertiary/aromatic N) is 4. The zero-order valence-electron chi connectivity index (χ0n) is 10.5. The van der Waals surface area contributed by atoms with Gasteiger partial charge in [-0.25, -0.2) is 9.37 Å². The van der Waals surface area contributed by atoms with Gasteiger partial charge < -0.3 is 10.5 Å². The molecule has 0 amide bonds. The number of rotatable bonds is 2. The molecule has 2 heterocycles. The minimum Gasteiger partial charge on any atom is -0.494 e. The maximum absolute atomic E-state index is 13.6. The van der Waals surface area contributed by atoms with Crippen LogP contribution < -0.4 is 10.5 Å². The van der Waals surface area contributed by atoms with Gasteiger partial charge >= 0.3 is 0 Å². The van der Waals surface area contributed by atoms with E-state index in [0.717, 1.165) is 5.69 Å². The molecule has 0 atom stereocenters. The summed E-state index contributed by atoms with van der Waals surface area (Å²) in [5.74, 6) is -0.0426. The Morgan fingerprint density at radius 2 is 2.16 bits per heavy atom. The summed E-state index contributed by atoms with van der Waals surface area (Å²) < 4.78 is 22.0. The van der Waals surface area contributed by atoms with Gasteiger partial charge in [0.15, 0.2) is 11.6 Å². The van der Waals surface area contributed by atoms with E-state index in [1.807, 2.05) is 0 Å². The molecule has 0 saturated heterocycles. The number of nitrogens with two attached hydrogens (primary N) is 1. The van der Waals surface area contributed by atoms with Crippen molar-refractivity contribution in [2.24, 2.45) is 7.05 Å². The molecule has 0 unspecified atom stereocenters. The Hall–Kier alpha value is -2.57. The van der Waals surface area contributed by atoms with Crippen LogP contribution >= 0.6 is 0 Å². The zero-order valence-corrected chi connectivity index (χ0v) is 10.5. The molecule has 0 saturated carbocycles. The van der Waals surface area contributed by atoms with Crippen LogP contribution in [0.25, 0.3) is 16.7 Å². The average molecular weight is 261 g/mol. The highest BCUT2D eigenvalue weighted by Gasteiger charge is 2.15. The quantitative estimate of drug-likeness (QED) is 0.758. The highest BCUT2D eigenvalue weighted by Crippen LogP contribution is 2.28. The average Bonchev–Trinajstić information content (AvgIpc) is 2.90. The van der Waals surface area contributed by atoms with Crippen molar-refractivity contribution in [3.8, 4) is 11.4 Å². The van der Waals surface area contributed by atoms with Gasteiger partial charge in [-0.15, -0.1) is 0 Å². The zero-order chi connectivity index (χ0) is 13.6. The van der Waals surface area contributed by atoms with E-state index in [0.29, 0.717) is 11.0 Å². The number of fused-ring (bicyclic) bond motifs is 1. The molecule has 1 aromatic carbocycles. The van der Waals surface area contributed by atoms with E-state index in [-0.39, 0.29) is 11.7 Å². The number of aryl methyl sites for hydroxylation is 1. The molecule has 98 valence electrons. The molecule has 2 N–H and O–H groups in total. The minimum absolute atomic E-state index is 0.151. The van der Waals surface area contributed by atoms with E-state index in [4.69, 9.17) is 10.5 Å². The molecule has 2 aromatic heterocycles. The van der Waals surface area contributed by atoms with Crippen molar-refractivity contribution in [2.75, 3.05) is 12.8 Å². The maximum Gasteiger partial charge on any atom is 0.206 e. The van der Waals surface area contributed by atoms with E-state index in [1.54, 1.807) is 34.8 Å². The van der Waals surface area contributed by atoms with Gasteiger partial charge in [-0.2, -0.15) is 5.10 Å². The molecular weight excluding hydrogens is 249 g/mol. The number of nitrogen functional groups attached to an aromatic ring is 1. The third-order valence-corrected chi connectivity index (χ3v) is 2.90. The van der Waals surface area contributed by atoms with E-state index >= 15 is 0 Å². The van der Waals surface area contributed by atoms with Crippen LogP contribution in [-0.2, 0) is 7.05 Å². The van der Waals surface area contributed by atoms with Gasteiger partial charge in [-0.05, 0) is 0 Å². The van der Waals surface area contributed by atoms with Crippen molar-refractivity contribution < 1.29 is 9.13 Å². The fourth-order valence-electron chi connectivity index (χ4n) is 2.05. The van der Waals surface area contributed by atoms with Crippen LogP contribution in [0.15, 0.2) is 24.5 Å². The fraction of sp³-hybridized carbons (Fsp3) is 0.167. The van der Waals surface area contributed by atoms with E-state index in [1.165, 1.54) is 13.2 Å². The van der Waals surface area contributed by atoms with Crippen molar-refractivity contribution in [3.63, 3.8) is 0 Å². The predicted molar refractivity (Wildman–Crippen MR) is 68.8 cm³/mol. The van der Waals surface area contributed by atoms with E-state index < -0.39 is 5.82 Å². The number of hydrogen-bond acceptors (Lipinski definition) is 4. The van der Waals surface area contributed by atoms with Crippen molar-refractivity contribution in [1.29, 1.82) is 0 Å². The summed E-state index contributed by atoms with van der Waals surface area (Å²) in [7, 11) is 3.22. The first kappa shape index (κ1) is 11.5. The number of imidazole rings is 1. The first-order valence-electron chi connectivity index (χ1n) is 5.60. The number of methoxy groups -OCH3 is 1. The summed E-state index contributed by atoms with van der Waals surface area (Å²) in [6.07, 6.45) is 3.46. The monoisotopic (exact) mass is 261 g/mol. The SMILES string of the molecule is COc1cc2c(cc1F)nc(N)n2-c1cnn(C)c1. The number of anilines is 1. The van der Waals surface area contributed by atoms with Gasteiger partial charge in [0.05, 0.1) is 30.0 Å². The van der Waals surface area contributed by atoms with Crippen LogP contribution in [-0.4, -0.2) is 26.4 Å². The molecule has 0 fully saturated rings. The fourth-order valence-corrected chi connectivity index (χ4v) is 2.05. The Kier molecular flexibility index (Phi) is 2.41. The molecule has 0 radical (unpaired) electrons. The van der Waals surface area contributed by atoms with Crippen LogP contribution in [0.5, 0.6) is 5.75 Å². The molecule has 19 heavy (non-hydrogen) atoms. The summed E-state index contributed by atoms with van der Waals surface area (Å²) in [5, 5.41) is 4.09. The summed E-state index contributed by atoms with van der Waals surface area (Å²) >= 11 is 0. The third-order valence-electron chi connectivity index (χ3n) is 2.90. The second-order valence-electron chi connectivity index (χ2n) is 4.15. The molecule has 3 rings (SSSR count). The van der Waals surface area contributed by atoms with Crippen LogP contribution in [0.4, 0.5) is 10.3 Å². The lowest BCUT2D eigenvalue weighted by molar-refractivity contribution is 0.387. The smallest absolute Gasteiger partial charge is 0.206 e. The molecule has 0 aliphatic heterocycles. The Balaban J connectivity index is 2.32. The van der Waals surface area contributed by atoms with Crippen LogP contribution in [0, 0.1) is 5.82 Å². The molecule has 0 aliphatic rings. The van der Waals surface area contributed by atoms with Gasteiger partial charge in [0, 0.05) is 25.4 Å². The highest BCUT2D eigenvalue weighted by atomic mass is 19.1. The van der Waals surface area contributed by atoms with E-state index in [2.05, 4.69) is 10.1 Å². The topological polar surface area (TPSA) is 70.9 Å². The maximum atomic E-state index is 13.6. The first-order chi connectivity index (χ1) is 9.10. The lowest BCUT2D eigenvalue weighted by Gasteiger charge is -2.05. The largest absolute Gasteiger partial charge is 0.494 e. The second-order valence-corrected chi connectivity index (χ2v) is 4.15. The summed E-state index contributed by atoms with van der Waals surface area (Å²) in [4.78, 5) is 4.14. The predicted octanol–water partition coefficient (Wildman–Crippen LogP) is 1.49. The molecule has 3 aromatic rings.